The summed E-state index contributed by atoms with van der Waals surface area (Å²) in [5.41, 5.74) is 1.19. The molecule has 98 valence electrons. The average molecular weight is 296 g/mol. The average Bonchev–Trinajstić information content (AvgIpc) is 2.45. The summed E-state index contributed by atoms with van der Waals surface area (Å²) in [6, 6.07) is 13.2. The molecular formula is C14H11Cl2NO2. The van der Waals surface area contributed by atoms with Crippen molar-refractivity contribution < 1.29 is 9.53 Å². The van der Waals surface area contributed by atoms with Gasteiger partial charge in [-0.1, -0.05) is 59.6 Å². The van der Waals surface area contributed by atoms with Gasteiger partial charge in [-0.05, 0) is 11.5 Å². The molecule has 0 bridgehead atoms. The number of halogens is 2. The van der Waals surface area contributed by atoms with Crippen LogP contribution in [0.5, 0.6) is 5.75 Å². The van der Waals surface area contributed by atoms with Crippen LogP contribution in [0, 0.1) is 0 Å². The molecule has 5 heteroatoms. The van der Waals surface area contributed by atoms with E-state index >= 15 is 0 Å². The van der Waals surface area contributed by atoms with E-state index in [4.69, 9.17) is 27.9 Å². The molecule has 1 amide bonds. The molecule has 19 heavy (non-hydrogen) atoms. The molecule has 0 unspecified atom stereocenters. The molecule has 1 N–H and O–H groups in total. The normalized spacial score (nSPS) is 11.4. The van der Waals surface area contributed by atoms with Crippen LogP contribution in [0.4, 0.5) is 4.79 Å². The third kappa shape index (κ3) is 3.63. The van der Waals surface area contributed by atoms with Crippen molar-refractivity contribution in [2.45, 2.75) is 0 Å². The predicted octanol–water partition coefficient (Wildman–Crippen LogP) is 4.25. The van der Waals surface area contributed by atoms with Crippen LogP contribution < -0.4 is 10.1 Å². The quantitative estimate of drug-likeness (QED) is 0.919. The molecule has 0 heterocycles. The van der Waals surface area contributed by atoms with Gasteiger partial charge in [0.05, 0.1) is 6.54 Å². The minimum absolute atomic E-state index is 0.134. The van der Waals surface area contributed by atoms with Crippen LogP contribution in [0.1, 0.15) is 0 Å². The number of rotatable bonds is 3. The lowest BCUT2D eigenvalue weighted by atomic mass is 10.1. The highest BCUT2D eigenvalue weighted by molar-refractivity contribution is 6.36. The predicted molar refractivity (Wildman–Crippen MR) is 77.8 cm³/mol. The molecule has 0 aliphatic rings. The fourth-order valence-corrected chi connectivity index (χ4v) is 1.76. The molecule has 0 aromatic heterocycles. The Morgan fingerprint density at radius 1 is 1.21 bits per heavy atom. The Morgan fingerprint density at radius 2 is 1.95 bits per heavy atom. The molecule has 0 atom stereocenters. The zero-order valence-corrected chi connectivity index (χ0v) is 11.4. The number of hydrogen-bond acceptors (Lipinski definition) is 2. The third-order valence-electron chi connectivity index (χ3n) is 2.47. The molecule has 3 nitrogen and oxygen atoms in total. The highest BCUT2D eigenvalue weighted by atomic mass is 35.5. The lowest BCUT2D eigenvalue weighted by molar-refractivity contribution is 0.202. The number of carbonyl (C=O) groups is 1. The molecule has 0 radical (unpaired) electrons. The monoisotopic (exact) mass is 295 g/mol. The minimum Gasteiger partial charge on any atom is -0.410 e. The van der Waals surface area contributed by atoms with Gasteiger partial charge in [-0.2, -0.15) is 0 Å². The third-order valence-corrected chi connectivity index (χ3v) is 3.09. The largest absolute Gasteiger partial charge is 0.412 e. The topological polar surface area (TPSA) is 38.3 Å². The van der Waals surface area contributed by atoms with Crippen LogP contribution in [0.25, 0.3) is 10.8 Å². The number of carbonyl (C=O) groups excluding carboxylic acids is 1. The highest BCUT2D eigenvalue weighted by Crippen LogP contribution is 2.25. The van der Waals surface area contributed by atoms with E-state index in [1.54, 1.807) is 6.07 Å². The van der Waals surface area contributed by atoms with Crippen molar-refractivity contribution >= 4 is 40.1 Å². The Labute approximate surface area is 120 Å². The van der Waals surface area contributed by atoms with E-state index in [0.29, 0.717) is 10.8 Å². The van der Waals surface area contributed by atoms with E-state index in [1.165, 1.54) is 5.54 Å². The molecule has 2 rings (SSSR count). The van der Waals surface area contributed by atoms with Crippen molar-refractivity contribution in [3.63, 3.8) is 0 Å². The Hall–Kier alpha value is -1.71. The van der Waals surface area contributed by atoms with E-state index in [-0.39, 0.29) is 6.54 Å². The van der Waals surface area contributed by atoms with Gasteiger partial charge in [0, 0.05) is 16.0 Å². The molecule has 0 saturated carbocycles. The van der Waals surface area contributed by atoms with Gasteiger partial charge in [0.1, 0.15) is 5.75 Å². The van der Waals surface area contributed by atoms with Gasteiger partial charge in [0.25, 0.3) is 0 Å². The molecule has 0 spiro atoms. The van der Waals surface area contributed by atoms with Crippen LogP contribution in [0.3, 0.4) is 0 Å². The van der Waals surface area contributed by atoms with Crippen LogP contribution in [0.2, 0.25) is 0 Å². The van der Waals surface area contributed by atoms with Gasteiger partial charge in [-0.3, -0.25) is 0 Å². The van der Waals surface area contributed by atoms with Crippen molar-refractivity contribution in [1.29, 1.82) is 0 Å². The van der Waals surface area contributed by atoms with E-state index in [9.17, 15) is 4.79 Å². The summed E-state index contributed by atoms with van der Waals surface area (Å²) in [5, 5.41) is 4.71. The number of benzene rings is 2. The SMILES string of the molecule is O=C(NCC(Cl)=CCl)Oc1cccc2ccccc12. The summed E-state index contributed by atoms with van der Waals surface area (Å²) in [6.07, 6.45) is -0.576. The van der Waals surface area contributed by atoms with Gasteiger partial charge in [-0.25, -0.2) is 4.79 Å². The number of fused-ring (bicyclic) bond motifs is 1. The summed E-state index contributed by atoms with van der Waals surface area (Å²) < 4.78 is 5.24. The van der Waals surface area contributed by atoms with Crippen molar-refractivity contribution in [1.82, 2.24) is 5.32 Å². The molecular weight excluding hydrogens is 285 g/mol. The van der Waals surface area contributed by atoms with Crippen LogP contribution in [-0.2, 0) is 0 Å². The second-order valence-electron chi connectivity index (χ2n) is 3.78. The van der Waals surface area contributed by atoms with E-state index in [0.717, 1.165) is 10.8 Å². The summed E-state index contributed by atoms with van der Waals surface area (Å²) in [5.74, 6) is 0.501. The second-order valence-corrected chi connectivity index (χ2v) is 4.48. The maximum Gasteiger partial charge on any atom is 0.412 e. The van der Waals surface area contributed by atoms with E-state index in [1.807, 2.05) is 36.4 Å². The zero-order valence-electron chi connectivity index (χ0n) is 9.90. The highest BCUT2D eigenvalue weighted by Gasteiger charge is 2.07. The Morgan fingerprint density at radius 3 is 2.74 bits per heavy atom. The number of ether oxygens (including phenoxy) is 1. The van der Waals surface area contributed by atoms with Crippen molar-refractivity contribution in [2.75, 3.05) is 6.54 Å². The molecule has 0 fully saturated rings. The zero-order chi connectivity index (χ0) is 13.7. The van der Waals surface area contributed by atoms with Gasteiger partial charge in [0.15, 0.2) is 0 Å². The van der Waals surface area contributed by atoms with Gasteiger partial charge < -0.3 is 10.1 Å². The minimum atomic E-state index is -0.576. The summed E-state index contributed by atoms with van der Waals surface area (Å²) >= 11 is 11.1. The molecule has 0 saturated heterocycles. The van der Waals surface area contributed by atoms with Crippen molar-refractivity contribution in [2.24, 2.45) is 0 Å². The smallest absolute Gasteiger partial charge is 0.410 e. The first-order valence-corrected chi connectivity index (χ1v) is 6.40. The van der Waals surface area contributed by atoms with Gasteiger partial charge in [-0.15, -0.1) is 0 Å². The fourth-order valence-electron chi connectivity index (χ4n) is 1.62. The fraction of sp³-hybridized carbons (Fsp3) is 0.0714. The lowest BCUT2D eigenvalue weighted by Crippen LogP contribution is -2.27. The first kappa shape index (κ1) is 13.7. The molecule has 2 aromatic rings. The molecule has 0 aliphatic carbocycles. The van der Waals surface area contributed by atoms with Gasteiger partial charge >= 0.3 is 6.09 Å². The Balaban J connectivity index is 2.11. The number of nitrogens with one attached hydrogen (secondary N) is 1. The molecule has 0 aliphatic heterocycles. The van der Waals surface area contributed by atoms with E-state index < -0.39 is 6.09 Å². The summed E-state index contributed by atoms with van der Waals surface area (Å²) in [4.78, 5) is 11.6. The summed E-state index contributed by atoms with van der Waals surface area (Å²) in [7, 11) is 0. The Kier molecular flexibility index (Phi) is 4.66. The first-order valence-electron chi connectivity index (χ1n) is 5.59. The number of hydrogen-bond donors (Lipinski definition) is 1. The van der Waals surface area contributed by atoms with Crippen molar-refractivity contribution in [3.05, 3.63) is 53.0 Å². The lowest BCUT2D eigenvalue weighted by Gasteiger charge is -2.08. The van der Waals surface area contributed by atoms with Gasteiger partial charge in [0.2, 0.25) is 0 Å². The summed E-state index contributed by atoms with van der Waals surface area (Å²) in [6.45, 7) is 0.134. The first-order chi connectivity index (χ1) is 9.20. The van der Waals surface area contributed by atoms with E-state index in [2.05, 4.69) is 5.32 Å². The number of amides is 1. The Bertz CT molecular complexity index is 620. The van der Waals surface area contributed by atoms with Crippen molar-refractivity contribution in [3.8, 4) is 5.75 Å². The van der Waals surface area contributed by atoms with Crippen LogP contribution >= 0.6 is 23.2 Å². The maximum absolute atomic E-state index is 11.6. The maximum atomic E-state index is 11.6. The second kappa shape index (κ2) is 6.45. The standard InChI is InChI=1S/C14H11Cl2NO2/c15-8-11(16)9-17-14(18)19-13-7-3-5-10-4-1-2-6-12(10)13/h1-8H,9H2,(H,17,18). The van der Waals surface area contributed by atoms with Crippen LogP contribution in [-0.4, -0.2) is 12.6 Å². The molecule has 2 aromatic carbocycles. The van der Waals surface area contributed by atoms with Crippen LogP contribution in [0.15, 0.2) is 53.0 Å².